The van der Waals surface area contributed by atoms with Crippen LogP contribution in [-0.2, 0) is 14.3 Å². The Morgan fingerprint density at radius 3 is 1.34 bits per heavy atom. The van der Waals surface area contributed by atoms with Crippen molar-refractivity contribution in [2.24, 2.45) is 0 Å². The van der Waals surface area contributed by atoms with Crippen LogP contribution in [-0.4, -0.2) is 46.9 Å². The standard InChI is InChI=1S/C56H99NO5/c1-4-7-10-13-16-19-21-23-25-27-29-31-33-36-38-41-44-47-52(50-55(60)57-53(51-58)54(59)48-45-42-39-35-18-15-12-9-6-3)62-56(61)49-46-43-40-37-34-32-30-28-26-24-22-20-17-14-11-8-5-2/h8,11,17,20,23-26,30,32,37,40,52-54,58-59H,4-7,9-10,12-16,18-19,21-22,27-29,31,33-36,38-39,41-51H2,1-3H3,(H,57,60)/b11-8-,20-17-,25-23+,26-24-,32-30-,40-37-. The molecule has 6 nitrogen and oxygen atoms in total. The Balaban J connectivity index is 4.68. The summed E-state index contributed by atoms with van der Waals surface area (Å²) in [6.07, 6.45) is 62.5. The molecule has 358 valence electrons. The van der Waals surface area contributed by atoms with Crippen LogP contribution in [0.2, 0.25) is 0 Å². The predicted molar refractivity (Wildman–Crippen MR) is 268 cm³/mol. The van der Waals surface area contributed by atoms with Crippen molar-refractivity contribution in [3.63, 3.8) is 0 Å². The molecule has 62 heavy (non-hydrogen) atoms. The van der Waals surface area contributed by atoms with Gasteiger partial charge in [0.05, 0.1) is 25.2 Å². The topological polar surface area (TPSA) is 95.9 Å². The third-order valence-electron chi connectivity index (χ3n) is 11.5. The van der Waals surface area contributed by atoms with E-state index in [4.69, 9.17) is 4.74 Å². The van der Waals surface area contributed by atoms with Crippen molar-refractivity contribution >= 4 is 11.9 Å². The second-order valence-corrected chi connectivity index (χ2v) is 17.5. The maximum atomic E-state index is 13.2. The highest BCUT2D eigenvalue weighted by Gasteiger charge is 2.24. The highest BCUT2D eigenvalue weighted by Crippen LogP contribution is 2.17. The lowest BCUT2D eigenvalue weighted by Gasteiger charge is -2.24. The molecule has 3 unspecified atom stereocenters. The number of carbonyl (C=O) groups excluding carboxylic acids is 2. The third kappa shape index (κ3) is 43.9. The van der Waals surface area contributed by atoms with Crippen molar-refractivity contribution in [3.8, 4) is 0 Å². The van der Waals surface area contributed by atoms with Crippen molar-refractivity contribution in [1.82, 2.24) is 5.32 Å². The first-order chi connectivity index (χ1) is 30.5. The molecule has 3 N–H and O–H groups in total. The van der Waals surface area contributed by atoms with Crippen LogP contribution in [0.4, 0.5) is 0 Å². The van der Waals surface area contributed by atoms with E-state index in [1.165, 1.54) is 116 Å². The van der Waals surface area contributed by atoms with Crippen LogP contribution in [0, 0.1) is 0 Å². The summed E-state index contributed by atoms with van der Waals surface area (Å²) in [6.45, 7) is 6.33. The third-order valence-corrected chi connectivity index (χ3v) is 11.5. The van der Waals surface area contributed by atoms with E-state index in [1.807, 2.05) is 0 Å². The van der Waals surface area contributed by atoms with E-state index < -0.39 is 18.2 Å². The zero-order chi connectivity index (χ0) is 45.2. The SMILES string of the molecule is CC/C=C\C/C=C\C/C=C\C/C=C\C/C=C\CCCC(=O)OC(CCCCCCCCC/C=C/CCCCCCCC)CC(=O)NC(CO)C(O)CCCCCCCCCCC. The van der Waals surface area contributed by atoms with Gasteiger partial charge in [-0.05, 0) is 89.9 Å². The molecule has 0 aromatic rings. The van der Waals surface area contributed by atoms with Crippen LogP contribution in [0.1, 0.15) is 245 Å². The molecule has 0 spiro atoms. The Morgan fingerprint density at radius 1 is 0.484 bits per heavy atom. The van der Waals surface area contributed by atoms with Crippen molar-refractivity contribution in [3.05, 3.63) is 72.9 Å². The number of amides is 1. The van der Waals surface area contributed by atoms with Gasteiger partial charge in [0.15, 0.2) is 0 Å². The molecule has 0 saturated heterocycles. The number of aliphatic hydroxyl groups is 2. The average molecular weight is 866 g/mol. The molecule has 0 aromatic heterocycles. The summed E-state index contributed by atoms with van der Waals surface area (Å²) in [7, 11) is 0. The number of hydrogen-bond donors (Lipinski definition) is 3. The summed E-state index contributed by atoms with van der Waals surface area (Å²) in [5, 5.41) is 23.7. The van der Waals surface area contributed by atoms with Crippen molar-refractivity contribution < 1.29 is 24.5 Å². The molecule has 0 rings (SSSR count). The maximum absolute atomic E-state index is 13.2. The van der Waals surface area contributed by atoms with Gasteiger partial charge in [0.2, 0.25) is 5.91 Å². The molecule has 1 amide bonds. The highest BCUT2D eigenvalue weighted by atomic mass is 16.5. The quantitative estimate of drug-likeness (QED) is 0.0322. The normalized spacial score (nSPS) is 13.8. The molecule has 0 saturated carbocycles. The highest BCUT2D eigenvalue weighted by molar-refractivity contribution is 5.77. The van der Waals surface area contributed by atoms with Crippen molar-refractivity contribution in [2.75, 3.05) is 6.61 Å². The van der Waals surface area contributed by atoms with E-state index in [-0.39, 0.29) is 24.9 Å². The summed E-state index contributed by atoms with van der Waals surface area (Å²) < 4.78 is 5.91. The summed E-state index contributed by atoms with van der Waals surface area (Å²) in [5.74, 6) is -0.548. The van der Waals surface area contributed by atoms with E-state index in [0.717, 1.165) is 77.0 Å². The first kappa shape index (κ1) is 59.3. The van der Waals surface area contributed by atoms with Crippen molar-refractivity contribution in [2.45, 2.75) is 264 Å². The van der Waals surface area contributed by atoms with Gasteiger partial charge in [0.25, 0.3) is 0 Å². The van der Waals surface area contributed by atoms with Gasteiger partial charge in [-0.15, -0.1) is 0 Å². The molecule has 0 radical (unpaired) electrons. The van der Waals surface area contributed by atoms with Crippen LogP contribution < -0.4 is 5.32 Å². The fourth-order valence-corrected chi connectivity index (χ4v) is 7.58. The zero-order valence-corrected chi connectivity index (χ0v) is 40.7. The molecule has 0 aromatic carbocycles. The second-order valence-electron chi connectivity index (χ2n) is 17.5. The minimum absolute atomic E-state index is 0.0497. The van der Waals surface area contributed by atoms with Gasteiger partial charge in [0, 0.05) is 6.42 Å². The average Bonchev–Trinajstić information content (AvgIpc) is 3.26. The number of ether oxygens (including phenoxy) is 1. The minimum atomic E-state index is -0.799. The Hall–Kier alpha value is -2.70. The fraction of sp³-hybridized carbons (Fsp3) is 0.750. The van der Waals surface area contributed by atoms with Crippen molar-refractivity contribution in [1.29, 1.82) is 0 Å². The van der Waals surface area contributed by atoms with Gasteiger partial charge in [-0.3, -0.25) is 9.59 Å². The lowest BCUT2D eigenvalue weighted by atomic mass is 10.0. The number of rotatable bonds is 46. The molecule has 0 bridgehead atoms. The Morgan fingerprint density at radius 2 is 0.871 bits per heavy atom. The van der Waals surface area contributed by atoms with Gasteiger partial charge >= 0.3 is 5.97 Å². The minimum Gasteiger partial charge on any atom is -0.462 e. The van der Waals surface area contributed by atoms with Gasteiger partial charge in [-0.25, -0.2) is 0 Å². The summed E-state index contributed by atoms with van der Waals surface area (Å²) in [5.41, 5.74) is 0. The maximum Gasteiger partial charge on any atom is 0.306 e. The van der Waals surface area contributed by atoms with E-state index in [2.05, 4.69) is 99.0 Å². The van der Waals surface area contributed by atoms with Crippen LogP contribution in [0.15, 0.2) is 72.9 Å². The van der Waals surface area contributed by atoms with E-state index in [1.54, 1.807) is 0 Å². The van der Waals surface area contributed by atoms with Gasteiger partial charge in [-0.2, -0.15) is 0 Å². The predicted octanol–water partition coefficient (Wildman–Crippen LogP) is 15.8. The molecule has 0 heterocycles. The Kier molecular flexibility index (Phi) is 47.2. The Bertz CT molecular complexity index is 1150. The zero-order valence-electron chi connectivity index (χ0n) is 40.7. The van der Waals surface area contributed by atoms with Crippen LogP contribution in [0.25, 0.3) is 0 Å². The number of hydrogen-bond acceptors (Lipinski definition) is 5. The molecule has 0 fully saturated rings. The molecular weight excluding hydrogens is 767 g/mol. The number of carbonyl (C=O) groups is 2. The number of aliphatic hydroxyl groups excluding tert-OH is 2. The number of nitrogens with one attached hydrogen (secondary N) is 1. The van der Waals surface area contributed by atoms with E-state index >= 15 is 0 Å². The monoisotopic (exact) mass is 866 g/mol. The van der Waals surface area contributed by atoms with Gasteiger partial charge < -0.3 is 20.3 Å². The summed E-state index contributed by atoms with van der Waals surface area (Å²) in [6, 6.07) is -0.716. The molecule has 0 aliphatic carbocycles. The smallest absolute Gasteiger partial charge is 0.306 e. The molecule has 0 aliphatic rings. The Labute approximate surface area is 383 Å². The fourth-order valence-electron chi connectivity index (χ4n) is 7.58. The number of allylic oxidation sites excluding steroid dienone is 12. The first-order valence-electron chi connectivity index (χ1n) is 26.2. The number of unbranched alkanes of at least 4 members (excludes halogenated alkanes) is 22. The largest absolute Gasteiger partial charge is 0.462 e. The van der Waals surface area contributed by atoms with Crippen LogP contribution in [0.5, 0.6) is 0 Å². The molecule has 0 aliphatic heterocycles. The summed E-state index contributed by atoms with van der Waals surface area (Å²) in [4.78, 5) is 26.1. The van der Waals surface area contributed by atoms with E-state index in [0.29, 0.717) is 25.7 Å². The lowest BCUT2D eigenvalue weighted by molar-refractivity contribution is -0.151. The lowest BCUT2D eigenvalue weighted by Crippen LogP contribution is -2.46. The van der Waals surface area contributed by atoms with Gasteiger partial charge in [0.1, 0.15) is 6.10 Å². The molecule has 3 atom stereocenters. The summed E-state index contributed by atoms with van der Waals surface area (Å²) >= 11 is 0. The second kappa shape index (κ2) is 49.3. The van der Waals surface area contributed by atoms with Crippen LogP contribution >= 0.6 is 0 Å². The van der Waals surface area contributed by atoms with Gasteiger partial charge in [-0.1, -0.05) is 216 Å². The van der Waals surface area contributed by atoms with E-state index in [9.17, 15) is 19.8 Å². The molecular formula is C56H99NO5. The molecule has 6 heteroatoms. The number of esters is 1. The van der Waals surface area contributed by atoms with Crippen LogP contribution in [0.3, 0.4) is 0 Å². The first-order valence-corrected chi connectivity index (χ1v) is 26.2.